The first kappa shape index (κ1) is 20.2. The molecule has 4 rings (SSSR count). The Morgan fingerprint density at radius 3 is 2.61 bits per heavy atom. The molecular weight excluding hydrogens is 424 g/mol. The van der Waals surface area contributed by atoms with Crippen LogP contribution in [0.2, 0.25) is 5.02 Å². The summed E-state index contributed by atoms with van der Waals surface area (Å²) in [5, 5.41) is 12.1. The molecule has 0 atom stereocenters. The number of hydrogen-bond acceptors (Lipinski definition) is 4. The number of nitrogens with one attached hydrogen (secondary N) is 2. The van der Waals surface area contributed by atoms with Crippen molar-refractivity contribution >= 4 is 23.3 Å². The Labute approximate surface area is 180 Å². The summed E-state index contributed by atoms with van der Waals surface area (Å²) in [6.07, 6.45) is 1.42. The second-order valence-electron chi connectivity index (χ2n) is 6.41. The van der Waals surface area contributed by atoms with Crippen molar-refractivity contribution in [3.05, 3.63) is 88.7 Å². The van der Waals surface area contributed by atoms with Gasteiger partial charge >= 0.3 is 0 Å². The van der Waals surface area contributed by atoms with E-state index < -0.39 is 17.5 Å². The van der Waals surface area contributed by atoms with Crippen LogP contribution in [0.3, 0.4) is 0 Å². The van der Waals surface area contributed by atoms with Gasteiger partial charge in [-0.2, -0.15) is 5.26 Å². The van der Waals surface area contributed by atoms with Crippen LogP contribution in [0.5, 0.6) is 0 Å². The first-order valence-corrected chi connectivity index (χ1v) is 9.32. The van der Waals surface area contributed by atoms with Gasteiger partial charge in [0.15, 0.2) is 5.69 Å². The minimum absolute atomic E-state index is 0.0349. The predicted octanol–water partition coefficient (Wildman–Crippen LogP) is 5.19. The molecule has 0 saturated heterocycles. The zero-order valence-electron chi connectivity index (χ0n) is 15.7. The molecule has 0 radical (unpaired) electrons. The van der Waals surface area contributed by atoms with Crippen molar-refractivity contribution in [3.63, 3.8) is 0 Å². The fourth-order valence-electron chi connectivity index (χ4n) is 2.94. The largest absolute Gasteiger partial charge is 0.337 e. The second kappa shape index (κ2) is 8.34. The number of hydrogen-bond donors (Lipinski definition) is 2. The van der Waals surface area contributed by atoms with Crippen LogP contribution in [-0.2, 0) is 0 Å². The van der Waals surface area contributed by atoms with Crippen LogP contribution < -0.4 is 5.32 Å². The third-order valence-corrected chi connectivity index (χ3v) is 4.70. The van der Waals surface area contributed by atoms with E-state index in [9.17, 15) is 18.8 Å². The molecule has 0 spiro atoms. The normalized spacial score (nSPS) is 10.5. The highest BCUT2D eigenvalue weighted by molar-refractivity contribution is 6.33. The van der Waals surface area contributed by atoms with E-state index >= 15 is 0 Å². The Morgan fingerprint density at radius 1 is 1.13 bits per heavy atom. The number of aromatic amines is 1. The van der Waals surface area contributed by atoms with E-state index in [0.717, 1.165) is 6.07 Å². The van der Waals surface area contributed by atoms with Gasteiger partial charge in [0, 0.05) is 17.3 Å². The third kappa shape index (κ3) is 4.13. The SMILES string of the molecule is N#Cc1nc(-c2c(F)cccc2Cl)[nH]c1-c1ccc(NC(=O)c2cccc(F)c2)nc1. The second-order valence-corrected chi connectivity index (χ2v) is 6.82. The summed E-state index contributed by atoms with van der Waals surface area (Å²) in [7, 11) is 0. The summed E-state index contributed by atoms with van der Waals surface area (Å²) >= 11 is 6.09. The lowest BCUT2D eigenvalue weighted by molar-refractivity contribution is 0.102. The lowest BCUT2D eigenvalue weighted by Crippen LogP contribution is -2.13. The van der Waals surface area contributed by atoms with E-state index in [1.54, 1.807) is 6.07 Å². The van der Waals surface area contributed by atoms with Crippen molar-refractivity contribution in [2.45, 2.75) is 0 Å². The average Bonchev–Trinajstić information content (AvgIpc) is 3.18. The van der Waals surface area contributed by atoms with E-state index in [0.29, 0.717) is 11.3 Å². The maximum atomic E-state index is 14.2. The summed E-state index contributed by atoms with van der Waals surface area (Å²) < 4.78 is 27.5. The minimum Gasteiger partial charge on any atom is -0.337 e. The Hall–Kier alpha value is -4.09. The minimum atomic E-state index is -0.578. The molecule has 0 fully saturated rings. The van der Waals surface area contributed by atoms with Gasteiger partial charge in [-0.3, -0.25) is 4.79 Å². The monoisotopic (exact) mass is 435 g/mol. The average molecular weight is 436 g/mol. The summed E-state index contributed by atoms with van der Waals surface area (Å²) in [5.41, 5.74) is 1.06. The number of nitrogens with zero attached hydrogens (tertiary/aromatic N) is 3. The molecule has 2 heterocycles. The molecule has 0 aliphatic heterocycles. The van der Waals surface area contributed by atoms with Crippen molar-refractivity contribution in [1.29, 1.82) is 5.26 Å². The van der Waals surface area contributed by atoms with Gasteiger partial charge in [-0.05, 0) is 42.5 Å². The Bertz CT molecular complexity index is 1310. The van der Waals surface area contributed by atoms with Crippen LogP contribution in [0.1, 0.15) is 16.1 Å². The van der Waals surface area contributed by atoms with E-state index in [1.807, 2.05) is 6.07 Å². The number of carbonyl (C=O) groups excluding carboxylic acids is 1. The van der Waals surface area contributed by atoms with E-state index in [4.69, 9.17) is 11.6 Å². The third-order valence-electron chi connectivity index (χ3n) is 4.39. The maximum Gasteiger partial charge on any atom is 0.256 e. The predicted molar refractivity (Wildman–Crippen MR) is 111 cm³/mol. The molecule has 0 bridgehead atoms. The number of carbonyl (C=O) groups is 1. The number of pyridine rings is 1. The van der Waals surface area contributed by atoms with Crippen molar-refractivity contribution in [1.82, 2.24) is 15.0 Å². The molecule has 152 valence electrons. The number of H-pyrrole nitrogens is 1. The molecule has 2 aromatic heterocycles. The number of aromatic nitrogens is 3. The number of imidazole rings is 1. The number of anilines is 1. The summed E-state index contributed by atoms with van der Waals surface area (Å²) in [6, 6.07) is 14.6. The van der Waals surface area contributed by atoms with Crippen LogP contribution in [0, 0.1) is 23.0 Å². The van der Waals surface area contributed by atoms with Gasteiger partial charge < -0.3 is 10.3 Å². The van der Waals surface area contributed by atoms with E-state index in [-0.39, 0.29) is 33.5 Å². The van der Waals surface area contributed by atoms with Crippen molar-refractivity contribution in [3.8, 4) is 28.7 Å². The first-order chi connectivity index (χ1) is 15.0. The zero-order valence-corrected chi connectivity index (χ0v) is 16.4. The zero-order chi connectivity index (χ0) is 22.0. The molecule has 6 nitrogen and oxygen atoms in total. The fourth-order valence-corrected chi connectivity index (χ4v) is 3.19. The van der Waals surface area contributed by atoms with Gasteiger partial charge in [0.2, 0.25) is 0 Å². The molecule has 0 unspecified atom stereocenters. The Balaban J connectivity index is 1.62. The molecule has 9 heteroatoms. The molecular formula is C22H12ClF2N5O. The van der Waals surface area contributed by atoms with Crippen LogP contribution in [0.25, 0.3) is 22.6 Å². The van der Waals surface area contributed by atoms with Gasteiger partial charge in [-0.15, -0.1) is 0 Å². The number of nitriles is 1. The smallest absolute Gasteiger partial charge is 0.256 e. The van der Waals surface area contributed by atoms with Crippen LogP contribution >= 0.6 is 11.6 Å². The van der Waals surface area contributed by atoms with Gasteiger partial charge in [0.1, 0.15) is 29.3 Å². The van der Waals surface area contributed by atoms with E-state index in [2.05, 4.69) is 20.3 Å². The van der Waals surface area contributed by atoms with Crippen LogP contribution in [-0.4, -0.2) is 20.9 Å². The summed E-state index contributed by atoms with van der Waals surface area (Å²) in [6.45, 7) is 0. The topological polar surface area (TPSA) is 94.5 Å². The molecule has 2 aromatic carbocycles. The number of rotatable bonds is 4. The summed E-state index contributed by atoms with van der Waals surface area (Å²) in [5.74, 6) is -1.28. The van der Waals surface area contributed by atoms with Crippen LogP contribution in [0.15, 0.2) is 60.8 Å². The van der Waals surface area contributed by atoms with Crippen LogP contribution in [0.4, 0.5) is 14.6 Å². The van der Waals surface area contributed by atoms with Crippen molar-refractivity contribution < 1.29 is 13.6 Å². The Kier molecular flexibility index (Phi) is 5.43. The quantitative estimate of drug-likeness (QED) is 0.461. The van der Waals surface area contributed by atoms with E-state index in [1.165, 1.54) is 48.7 Å². The lowest BCUT2D eigenvalue weighted by atomic mass is 10.1. The standard InChI is InChI=1S/C22H12ClF2N5O/c23-15-5-2-6-16(25)19(15)21-28-17(10-26)20(30-21)13-7-8-18(27-11-13)29-22(31)12-3-1-4-14(24)9-12/h1-9,11H,(H,28,30)(H,27,29,31). The Morgan fingerprint density at radius 2 is 1.94 bits per heavy atom. The first-order valence-electron chi connectivity index (χ1n) is 8.94. The molecule has 1 amide bonds. The molecule has 0 aliphatic carbocycles. The molecule has 0 aliphatic rings. The molecule has 0 saturated carbocycles. The number of amides is 1. The lowest BCUT2D eigenvalue weighted by Gasteiger charge is -2.06. The summed E-state index contributed by atoms with van der Waals surface area (Å²) in [4.78, 5) is 23.4. The highest BCUT2D eigenvalue weighted by Crippen LogP contribution is 2.32. The van der Waals surface area contributed by atoms with Gasteiger partial charge in [0.05, 0.1) is 16.3 Å². The molecule has 31 heavy (non-hydrogen) atoms. The number of halogens is 3. The van der Waals surface area contributed by atoms with Gasteiger partial charge in [0.25, 0.3) is 5.91 Å². The molecule has 2 N–H and O–H groups in total. The van der Waals surface area contributed by atoms with Gasteiger partial charge in [-0.25, -0.2) is 18.7 Å². The highest BCUT2D eigenvalue weighted by Gasteiger charge is 2.18. The highest BCUT2D eigenvalue weighted by atomic mass is 35.5. The molecule has 4 aromatic rings. The van der Waals surface area contributed by atoms with Crippen molar-refractivity contribution in [2.75, 3.05) is 5.32 Å². The van der Waals surface area contributed by atoms with Gasteiger partial charge in [-0.1, -0.05) is 23.7 Å². The number of benzene rings is 2. The fraction of sp³-hybridized carbons (Fsp3) is 0. The maximum absolute atomic E-state index is 14.2. The van der Waals surface area contributed by atoms with Crippen molar-refractivity contribution in [2.24, 2.45) is 0 Å².